The van der Waals surface area contributed by atoms with Crippen molar-refractivity contribution in [1.82, 2.24) is 14.8 Å². The van der Waals surface area contributed by atoms with Crippen LogP contribution in [-0.4, -0.2) is 59.4 Å². The second-order valence-electron chi connectivity index (χ2n) is 8.21. The smallest absolute Gasteiger partial charge is 0.259 e. The first-order valence-corrected chi connectivity index (χ1v) is 10.2. The monoisotopic (exact) mass is 371 g/mol. The molecule has 1 unspecified atom stereocenters. The lowest BCUT2D eigenvalue weighted by molar-refractivity contribution is -0.149. The average molecular weight is 371 g/mol. The maximum Gasteiger partial charge on any atom is 0.259 e. The molecule has 2 aliphatic heterocycles. The molecule has 3 aliphatic rings. The van der Waals surface area contributed by atoms with E-state index >= 15 is 0 Å². The maximum atomic E-state index is 13.4. The molecule has 0 bridgehead atoms. The molecule has 1 atom stereocenters. The summed E-state index contributed by atoms with van der Waals surface area (Å²) in [7, 11) is 1.53. The van der Waals surface area contributed by atoms with Crippen LogP contribution in [-0.2, 0) is 4.79 Å². The molecule has 1 aromatic heterocycles. The van der Waals surface area contributed by atoms with Crippen molar-refractivity contribution in [1.29, 1.82) is 0 Å². The Kier molecular flexibility index (Phi) is 5.06. The molecule has 146 valence electrons. The topological polar surface area (TPSA) is 62.7 Å². The van der Waals surface area contributed by atoms with Gasteiger partial charge in [0.1, 0.15) is 5.56 Å². The van der Waals surface area contributed by atoms with Crippen LogP contribution in [0, 0.1) is 5.41 Å². The number of methoxy groups -OCH3 is 1. The minimum atomic E-state index is -0.388. The van der Waals surface area contributed by atoms with Crippen molar-refractivity contribution in [3.63, 3.8) is 0 Å². The van der Waals surface area contributed by atoms with Crippen LogP contribution in [0.2, 0.25) is 0 Å². The van der Waals surface area contributed by atoms with Crippen molar-refractivity contribution >= 4 is 11.8 Å². The highest BCUT2D eigenvalue weighted by molar-refractivity contribution is 5.97. The standard InChI is InChI=1S/C21H29N3O3/c1-27-18-17(9-5-12-22-18)19(25)23-14-11-21(15-23)10-6-13-24(20(21)26)16-7-3-2-4-8-16/h5,9,12,16H,2-4,6-8,10-11,13-15H2,1H3. The van der Waals surface area contributed by atoms with E-state index in [1.54, 1.807) is 18.3 Å². The van der Waals surface area contributed by atoms with Crippen LogP contribution in [0.5, 0.6) is 5.88 Å². The summed E-state index contributed by atoms with van der Waals surface area (Å²) in [5.41, 5.74) is 0.0882. The van der Waals surface area contributed by atoms with E-state index in [2.05, 4.69) is 9.88 Å². The second-order valence-corrected chi connectivity index (χ2v) is 8.21. The molecule has 2 amide bonds. The number of amides is 2. The molecular weight excluding hydrogens is 342 g/mol. The lowest BCUT2D eigenvalue weighted by Gasteiger charge is -2.44. The van der Waals surface area contributed by atoms with Crippen LogP contribution < -0.4 is 4.74 Å². The third-order valence-corrected chi connectivity index (χ3v) is 6.62. The summed E-state index contributed by atoms with van der Waals surface area (Å²) in [6.45, 7) is 2.03. The van der Waals surface area contributed by atoms with E-state index in [1.807, 2.05) is 4.90 Å². The average Bonchev–Trinajstić information content (AvgIpc) is 3.15. The molecule has 27 heavy (non-hydrogen) atoms. The van der Waals surface area contributed by atoms with E-state index in [9.17, 15) is 9.59 Å². The third kappa shape index (κ3) is 3.30. The third-order valence-electron chi connectivity index (χ3n) is 6.62. The maximum absolute atomic E-state index is 13.4. The molecule has 1 spiro atoms. The molecule has 6 nitrogen and oxygen atoms in total. The van der Waals surface area contributed by atoms with Crippen LogP contribution in [0.1, 0.15) is 61.7 Å². The van der Waals surface area contributed by atoms with Gasteiger partial charge >= 0.3 is 0 Å². The predicted molar refractivity (Wildman–Crippen MR) is 102 cm³/mol. The molecule has 0 aromatic carbocycles. The van der Waals surface area contributed by atoms with Gasteiger partial charge in [0.15, 0.2) is 0 Å². The highest BCUT2D eigenvalue weighted by Crippen LogP contribution is 2.42. The van der Waals surface area contributed by atoms with E-state index in [-0.39, 0.29) is 17.2 Å². The fourth-order valence-corrected chi connectivity index (χ4v) is 5.15. The Morgan fingerprint density at radius 3 is 2.78 bits per heavy atom. The normalized spacial score (nSPS) is 26.6. The van der Waals surface area contributed by atoms with Gasteiger partial charge in [-0.3, -0.25) is 9.59 Å². The fraction of sp³-hybridized carbons (Fsp3) is 0.667. The number of hydrogen-bond acceptors (Lipinski definition) is 4. The second kappa shape index (κ2) is 7.49. The number of piperidine rings is 1. The van der Waals surface area contributed by atoms with Gasteiger partial charge in [-0.15, -0.1) is 0 Å². The quantitative estimate of drug-likeness (QED) is 0.820. The summed E-state index contributed by atoms with van der Waals surface area (Å²) in [4.78, 5) is 34.6. The SMILES string of the molecule is COc1ncccc1C(=O)N1CCC2(CCCN(C3CCCCC3)C2=O)C1. The Morgan fingerprint density at radius 2 is 2.00 bits per heavy atom. The summed E-state index contributed by atoms with van der Waals surface area (Å²) < 4.78 is 5.25. The van der Waals surface area contributed by atoms with Gasteiger partial charge in [-0.1, -0.05) is 19.3 Å². The van der Waals surface area contributed by atoms with E-state index < -0.39 is 0 Å². The van der Waals surface area contributed by atoms with Gasteiger partial charge < -0.3 is 14.5 Å². The summed E-state index contributed by atoms with van der Waals surface area (Å²) in [6.07, 6.45) is 10.3. The van der Waals surface area contributed by atoms with Crippen molar-refractivity contribution in [3.8, 4) is 5.88 Å². The van der Waals surface area contributed by atoms with E-state index in [1.165, 1.54) is 26.4 Å². The molecule has 0 N–H and O–H groups in total. The number of carbonyl (C=O) groups excluding carboxylic acids is 2. The molecule has 1 saturated carbocycles. The summed E-state index contributed by atoms with van der Waals surface area (Å²) in [5, 5.41) is 0. The zero-order valence-electron chi connectivity index (χ0n) is 16.2. The van der Waals surface area contributed by atoms with Gasteiger partial charge in [0.25, 0.3) is 5.91 Å². The number of pyridine rings is 1. The fourth-order valence-electron chi connectivity index (χ4n) is 5.15. The Labute approximate surface area is 160 Å². The molecule has 1 aliphatic carbocycles. The first-order valence-electron chi connectivity index (χ1n) is 10.2. The van der Waals surface area contributed by atoms with Gasteiger partial charge in [-0.25, -0.2) is 4.98 Å². The number of ether oxygens (including phenoxy) is 1. The van der Waals surface area contributed by atoms with Crippen molar-refractivity contribution in [2.75, 3.05) is 26.7 Å². The van der Waals surface area contributed by atoms with Crippen LogP contribution >= 0.6 is 0 Å². The molecule has 2 saturated heterocycles. The van der Waals surface area contributed by atoms with Gasteiger partial charge in [0, 0.05) is 31.9 Å². The molecular formula is C21H29N3O3. The van der Waals surface area contributed by atoms with Crippen LogP contribution in [0.4, 0.5) is 0 Å². The largest absolute Gasteiger partial charge is 0.480 e. The Balaban J connectivity index is 1.50. The number of nitrogens with zero attached hydrogens (tertiary/aromatic N) is 3. The number of hydrogen-bond donors (Lipinski definition) is 0. The number of aromatic nitrogens is 1. The molecule has 4 rings (SSSR count). The number of rotatable bonds is 3. The number of likely N-dealkylation sites (tertiary alicyclic amines) is 2. The summed E-state index contributed by atoms with van der Waals surface area (Å²) >= 11 is 0. The van der Waals surface area contributed by atoms with E-state index in [0.29, 0.717) is 30.6 Å². The van der Waals surface area contributed by atoms with Crippen LogP contribution in [0.25, 0.3) is 0 Å². The van der Waals surface area contributed by atoms with Crippen molar-refractivity contribution < 1.29 is 14.3 Å². The van der Waals surface area contributed by atoms with Gasteiger partial charge in [-0.05, 0) is 44.2 Å². The minimum absolute atomic E-state index is 0.0839. The van der Waals surface area contributed by atoms with E-state index in [0.717, 1.165) is 38.6 Å². The molecule has 3 heterocycles. The highest BCUT2D eigenvalue weighted by Gasteiger charge is 2.50. The van der Waals surface area contributed by atoms with Crippen molar-refractivity contribution in [2.45, 2.75) is 57.4 Å². The first kappa shape index (κ1) is 18.3. The molecule has 0 radical (unpaired) electrons. The lowest BCUT2D eigenvalue weighted by atomic mass is 9.77. The zero-order valence-corrected chi connectivity index (χ0v) is 16.2. The Bertz CT molecular complexity index is 716. The molecule has 6 heteroatoms. The first-order chi connectivity index (χ1) is 13.1. The van der Waals surface area contributed by atoms with E-state index in [4.69, 9.17) is 4.74 Å². The lowest BCUT2D eigenvalue weighted by Crippen LogP contribution is -2.54. The van der Waals surface area contributed by atoms with Crippen molar-refractivity contribution in [3.05, 3.63) is 23.9 Å². The van der Waals surface area contributed by atoms with Crippen LogP contribution in [0.3, 0.4) is 0 Å². The molecule has 1 aromatic rings. The van der Waals surface area contributed by atoms with Crippen LogP contribution in [0.15, 0.2) is 18.3 Å². The van der Waals surface area contributed by atoms with Gasteiger partial charge in [0.05, 0.1) is 12.5 Å². The summed E-state index contributed by atoms with van der Waals surface area (Å²) in [5.74, 6) is 0.552. The highest BCUT2D eigenvalue weighted by atomic mass is 16.5. The Hall–Kier alpha value is -2.11. The predicted octanol–water partition coefficient (Wildman–Crippen LogP) is 2.88. The zero-order chi connectivity index (χ0) is 18.9. The van der Waals surface area contributed by atoms with Crippen molar-refractivity contribution in [2.24, 2.45) is 5.41 Å². The molecule has 3 fully saturated rings. The Morgan fingerprint density at radius 1 is 1.19 bits per heavy atom. The minimum Gasteiger partial charge on any atom is -0.480 e. The van der Waals surface area contributed by atoms with Gasteiger partial charge in [0.2, 0.25) is 11.8 Å². The van der Waals surface area contributed by atoms with Gasteiger partial charge in [-0.2, -0.15) is 0 Å². The summed E-state index contributed by atoms with van der Waals surface area (Å²) in [6, 6.07) is 3.90. The number of carbonyl (C=O) groups is 2.